The van der Waals surface area contributed by atoms with Crippen LogP contribution < -0.4 is 4.72 Å². The van der Waals surface area contributed by atoms with E-state index < -0.39 is 10.0 Å². The molecule has 0 bridgehead atoms. The number of sulfonamides is 1. The van der Waals surface area contributed by atoms with Crippen LogP contribution in [0.25, 0.3) is 0 Å². The van der Waals surface area contributed by atoms with Gasteiger partial charge in [-0.05, 0) is 35.9 Å². The third kappa shape index (κ3) is 3.43. The van der Waals surface area contributed by atoms with E-state index in [1.807, 2.05) is 0 Å². The Morgan fingerprint density at radius 3 is 2.20 bits per heavy atom. The zero-order valence-electron chi connectivity index (χ0n) is 10.2. The van der Waals surface area contributed by atoms with Gasteiger partial charge in [0.1, 0.15) is 0 Å². The van der Waals surface area contributed by atoms with Crippen molar-refractivity contribution in [1.29, 1.82) is 0 Å². The Morgan fingerprint density at radius 2 is 1.65 bits per heavy atom. The first-order chi connectivity index (χ1) is 9.42. The highest BCUT2D eigenvalue weighted by Gasteiger charge is 2.14. The van der Waals surface area contributed by atoms with Gasteiger partial charge in [0.2, 0.25) is 0 Å². The number of aliphatic hydroxyl groups is 1. The SMILES string of the molecule is O=S(=O)(Nc1ccc(Cl)c(Cl)c1)c1ccc(CO)cc1. The molecule has 0 aliphatic carbocycles. The second kappa shape index (κ2) is 6.01. The Balaban J connectivity index is 2.27. The highest BCUT2D eigenvalue weighted by atomic mass is 35.5. The lowest BCUT2D eigenvalue weighted by atomic mass is 10.2. The molecule has 2 rings (SSSR count). The van der Waals surface area contributed by atoms with Crippen LogP contribution in [-0.2, 0) is 16.6 Å². The number of aliphatic hydroxyl groups excluding tert-OH is 1. The van der Waals surface area contributed by atoms with E-state index in [2.05, 4.69) is 4.72 Å². The van der Waals surface area contributed by atoms with E-state index in [-0.39, 0.29) is 16.5 Å². The van der Waals surface area contributed by atoms with E-state index in [1.54, 1.807) is 12.1 Å². The molecule has 2 aromatic rings. The fourth-order valence-corrected chi connectivity index (χ4v) is 2.90. The largest absolute Gasteiger partial charge is 0.392 e. The summed E-state index contributed by atoms with van der Waals surface area (Å²) >= 11 is 11.6. The van der Waals surface area contributed by atoms with Crippen LogP contribution in [0.2, 0.25) is 10.0 Å². The molecule has 0 radical (unpaired) electrons. The average Bonchev–Trinajstić information content (AvgIpc) is 2.43. The van der Waals surface area contributed by atoms with Gasteiger partial charge in [-0.2, -0.15) is 0 Å². The number of halogens is 2. The van der Waals surface area contributed by atoms with Gasteiger partial charge in [-0.15, -0.1) is 0 Å². The molecule has 106 valence electrons. The van der Waals surface area contributed by atoms with Crippen LogP contribution in [0.15, 0.2) is 47.4 Å². The van der Waals surface area contributed by atoms with E-state index in [1.165, 1.54) is 30.3 Å². The van der Waals surface area contributed by atoms with Crippen LogP contribution >= 0.6 is 23.2 Å². The third-order valence-corrected chi connectivity index (χ3v) is 4.72. The maximum absolute atomic E-state index is 12.1. The number of anilines is 1. The van der Waals surface area contributed by atoms with E-state index >= 15 is 0 Å². The van der Waals surface area contributed by atoms with Gasteiger partial charge < -0.3 is 5.11 Å². The topological polar surface area (TPSA) is 66.4 Å². The number of hydrogen-bond acceptors (Lipinski definition) is 3. The number of benzene rings is 2. The highest BCUT2D eigenvalue weighted by Crippen LogP contribution is 2.26. The Labute approximate surface area is 127 Å². The Bertz CT molecular complexity index is 715. The fraction of sp³-hybridized carbons (Fsp3) is 0.0769. The normalized spacial score (nSPS) is 11.3. The van der Waals surface area contributed by atoms with Crippen molar-refractivity contribution in [3.63, 3.8) is 0 Å². The fourth-order valence-electron chi connectivity index (χ4n) is 1.55. The molecule has 2 aromatic carbocycles. The van der Waals surface area contributed by atoms with Crippen molar-refractivity contribution in [2.24, 2.45) is 0 Å². The second-order valence-corrected chi connectivity index (χ2v) is 6.53. The van der Waals surface area contributed by atoms with Gasteiger partial charge in [-0.1, -0.05) is 35.3 Å². The Kier molecular flexibility index (Phi) is 4.55. The molecule has 0 heterocycles. The predicted octanol–water partition coefficient (Wildman–Crippen LogP) is 3.29. The Morgan fingerprint density at radius 1 is 1.00 bits per heavy atom. The van der Waals surface area contributed by atoms with Crippen molar-refractivity contribution in [2.45, 2.75) is 11.5 Å². The zero-order valence-corrected chi connectivity index (χ0v) is 12.5. The van der Waals surface area contributed by atoms with Crippen LogP contribution in [0, 0.1) is 0 Å². The van der Waals surface area contributed by atoms with Crippen molar-refractivity contribution in [3.8, 4) is 0 Å². The van der Waals surface area contributed by atoms with Gasteiger partial charge >= 0.3 is 0 Å². The van der Waals surface area contributed by atoms with Crippen LogP contribution in [0.5, 0.6) is 0 Å². The number of nitrogens with one attached hydrogen (secondary N) is 1. The van der Waals surface area contributed by atoms with Gasteiger partial charge in [-0.3, -0.25) is 4.72 Å². The van der Waals surface area contributed by atoms with Gasteiger partial charge in [0.05, 0.1) is 27.2 Å². The van der Waals surface area contributed by atoms with Crippen LogP contribution in [0.3, 0.4) is 0 Å². The summed E-state index contributed by atoms with van der Waals surface area (Å²) in [5, 5.41) is 9.55. The van der Waals surface area contributed by atoms with Gasteiger partial charge in [0.15, 0.2) is 0 Å². The molecule has 0 atom stereocenters. The average molecular weight is 332 g/mol. The number of hydrogen-bond donors (Lipinski definition) is 2. The standard InChI is InChI=1S/C13H11Cl2NO3S/c14-12-6-3-10(7-13(12)15)16-20(18,19)11-4-1-9(8-17)2-5-11/h1-7,16-17H,8H2. The third-order valence-electron chi connectivity index (χ3n) is 2.59. The molecular weight excluding hydrogens is 321 g/mol. The Hall–Kier alpha value is -1.27. The van der Waals surface area contributed by atoms with Crippen molar-refractivity contribution in [3.05, 3.63) is 58.1 Å². The van der Waals surface area contributed by atoms with Crippen molar-refractivity contribution < 1.29 is 13.5 Å². The first-order valence-corrected chi connectivity index (χ1v) is 7.84. The van der Waals surface area contributed by atoms with Crippen LogP contribution in [0.4, 0.5) is 5.69 Å². The lowest BCUT2D eigenvalue weighted by molar-refractivity contribution is 0.282. The predicted molar refractivity (Wildman–Crippen MR) is 79.6 cm³/mol. The minimum atomic E-state index is -3.70. The lowest BCUT2D eigenvalue weighted by Gasteiger charge is -2.09. The summed E-state index contributed by atoms with van der Waals surface area (Å²) in [5.41, 5.74) is 0.962. The van der Waals surface area contributed by atoms with Crippen molar-refractivity contribution in [1.82, 2.24) is 0 Å². The quantitative estimate of drug-likeness (QED) is 0.903. The minimum absolute atomic E-state index is 0.0979. The number of rotatable bonds is 4. The van der Waals surface area contributed by atoms with Gasteiger partial charge in [0.25, 0.3) is 10.0 Å². The molecule has 0 unspecified atom stereocenters. The van der Waals surface area contributed by atoms with Crippen LogP contribution in [0.1, 0.15) is 5.56 Å². The molecule has 0 saturated carbocycles. The second-order valence-electron chi connectivity index (χ2n) is 4.04. The maximum Gasteiger partial charge on any atom is 0.261 e. The molecule has 0 aromatic heterocycles. The van der Waals surface area contributed by atoms with E-state index in [0.717, 1.165) is 0 Å². The monoisotopic (exact) mass is 331 g/mol. The molecular formula is C13H11Cl2NO3S. The molecule has 0 saturated heterocycles. The first-order valence-electron chi connectivity index (χ1n) is 5.60. The summed E-state index contributed by atoms with van der Waals surface area (Å²) in [4.78, 5) is 0.0979. The molecule has 2 N–H and O–H groups in total. The summed E-state index contributed by atoms with van der Waals surface area (Å²) in [5.74, 6) is 0. The molecule has 4 nitrogen and oxygen atoms in total. The molecule has 0 spiro atoms. The van der Waals surface area contributed by atoms with Crippen LogP contribution in [-0.4, -0.2) is 13.5 Å². The van der Waals surface area contributed by atoms with Crippen molar-refractivity contribution >= 4 is 38.9 Å². The summed E-state index contributed by atoms with van der Waals surface area (Å²) < 4.78 is 26.7. The lowest BCUT2D eigenvalue weighted by Crippen LogP contribution is -2.12. The summed E-state index contributed by atoms with van der Waals surface area (Å²) in [6.45, 7) is -0.138. The summed E-state index contributed by atoms with van der Waals surface area (Å²) in [6, 6.07) is 10.4. The first kappa shape index (κ1) is 15.1. The maximum atomic E-state index is 12.1. The zero-order chi connectivity index (χ0) is 14.8. The van der Waals surface area contributed by atoms with Crippen molar-refractivity contribution in [2.75, 3.05) is 4.72 Å². The molecule has 20 heavy (non-hydrogen) atoms. The molecule has 7 heteroatoms. The van der Waals surface area contributed by atoms with Gasteiger partial charge in [0, 0.05) is 0 Å². The van der Waals surface area contributed by atoms with E-state index in [9.17, 15) is 8.42 Å². The molecule has 0 fully saturated rings. The highest BCUT2D eigenvalue weighted by molar-refractivity contribution is 7.92. The summed E-state index contributed by atoms with van der Waals surface area (Å²) in [7, 11) is -3.70. The van der Waals surface area contributed by atoms with E-state index in [0.29, 0.717) is 16.3 Å². The van der Waals surface area contributed by atoms with Gasteiger partial charge in [-0.25, -0.2) is 8.42 Å². The molecule has 0 aliphatic rings. The van der Waals surface area contributed by atoms with E-state index in [4.69, 9.17) is 28.3 Å². The molecule has 0 amide bonds. The summed E-state index contributed by atoms with van der Waals surface area (Å²) in [6.07, 6.45) is 0. The molecule has 0 aliphatic heterocycles. The minimum Gasteiger partial charge on any atom is -0.392 e. The smallest absolute Gasteiger partial charge is 0.261 e.